The second-order valence-electron chi connectivity index (χ2n) is 6.98. The zero-order chi connectivity index (χ0) is 25.0. The highest BCUT2D eigenvalue weighted by atomic mass is 32.3. The van der Waals surface area contributed by atoms with Crippen LogP contribution in [0.2, 0.25) is 0 Å². The molecule has 1 fully saturated rings. The number of rotatable bonds is 7. The van der Waals surface area contributed by atoms with Crippen molar-refractivity contribution in [2.45, 2.75) is 54.1 Å². The highest BCUT2D eigenvalue weighted by Gasteiger charge is 2.62. The highest BCUT2D eigenvalue weighted by Crippen LogP contribution is 2.42. The van der Waals surface area contributed by atoms with Crippen molar-refractivity contribution in [2.24, 2.45) is 0 Å². The normalized spacial score (nSPS) is 16.8. The van der Waals surface area contributed by atoms with E-state index in [1.54, 1.807) is 16.3 Å². The molecular weight excluding hydrogens is 512 g/mol. The first kappa shape index (κ1) is 28.6. The highest BCUT2D eigenvalue weighted by molar-refractivity contribution is 8.12. The second-order valence-corrected chi connectivity index (χ2v) is 11.9. The average molecular weight is 533 g/mol. The first-order chi connectivity index (χ1) is 14.3. The van der Waals surface area contributed by atoms with Gasteiger partial charge in [0, 0.05) is 6.26 Å². The summed E-state index contributed by atoms with van der Waals surface area (Å²) in [5.41, 5.74) is 1.13. The Labute approximate surface area is 182 Å². The number of hydrogen-bond acceptors (Lipinski definition) is 6. The Morgan fingerprint density at radius 1 is 0.906 bits per heavy atom. The smallest absolute Gasteiger partial charge is 0.394 e. The maximum Gasteiger partial charge on any atom is 0.394 e. The molecule has 16 heteroatoms. The zero-order valence-corrected chi connectivity index (χ0v) is 19.0. The van der Waals surface area contributed by atoms with E-state index in [2.05, 4.69) is 0 Å². The lowest BCUT2D eigenvalue weighted by atomic mass is 9.84. The van der Waals surface area contributed by atoms with Gasteiger partial charge in [0.25, 0.3) is 0 Å². The van der Waals surface area contributed by atoms with Crippen LogP contribution in [0, 0.1) is 0 Å². The molecule has 0 N–H and O–H groups in total. The van der Waals surface area contributed by atoms with Crippen LogP contribution in [0.15, 0.2) is 29.2 Å². The van der Waals surface area contributed by atoms with Crippen molar-refractivity contribution >= 4 is 30.3 Å². The molecule has 0 atom stereocenters. The van der Waals surface area contributed by atoms with Gasteiger partial charge in [0.05, 0.1) is 14.9 Å². The van der Waals surface area contributed by atoms with Gasteiger partial charge < -0.3 is 4.13 Å². The molecule has 7 nitrogen and oxygen atoms in total. The number of nitrogens with zero attached hydrogens (tertiary/aromatic N) is 1. The molecule has 0 radical (unpaired) electrons. The van der Waals surface area contributed by atoms with Crippen LogP contribution < -0.4 is 0 Å². The molecular formula is C16H20F6NO6S3-. The van der Waals surface area contributed by atoms with Gasteiger partial charge in [-0.05, 0) is 36.5 Å². The Bertz CT molecular complexity index is 1080. The van der Waals surface area contributed by atoms with Crippen LogP contribution in [0.25, 0.3) is 4.13 Å². The lowest BCUT2D eigenvalue weighted by Gasteiger charge is -2.29. The summed E-state index contributed by atoms with van der Waals surface area (Å²) in [5.74, 6) is -5.04. The summed E-state index contributed by atoms with van der Waals surface area (Å²) >= 11 is 0. The van der Waals surface area contributed by atoms with E-state index in [9.17, 15) is 51.1 Å². The van der Waals surface area contributed by atoms with Gasteiger partial charge in [0.2, 0.25) is 0 Å². The van der Waals surface area contributed by atoms with Crippen molar-refractivity contribution in [1.82, 2.24) is 0 Å². The third-order valence-corrected chi connectivity index (χ3v) is 8.04. The molecule has 0 saturated heterocycles. The number of benzene rings is 1. The first-order valence-electron chi connectivity index (χ1n) is 8.89. The summed E-state index contributed by atoms with van der Waals surface area (Å²) in [6, 6.07) is 6.20. The molecule has 32 heavy (non-hydrogen) atoms. The molecule has 0 aromatic heterocycles. The van der Waals surface area contributed by atoms with Crippen LogP contribution in [0.5, 0.6) is 0 Å². The van der Waals surface area contributed by atoms with E-state index in [0.717, 1.165) is 18.4 Å². The van der Waals surface area contributed by atoms with Gasteiger partial charge in [-0.2, -0.15) is 26.0 Å². The van der Waals surface area contributed by atoms with Crippen molar-refractivity contribution in [2.75, 3.05) is 12.9 Å². The van der Waals surface area contributed by atoms with Crippen LogP contribution in [-0.2, 0) is 30.3 Å². The summed E-state index contributed by atoms with van der Waals surface area (Å²) in [6.45, 7) is -2.97. The van der Waals surface area contributed by atoms with Crippen molar-refractivity contribution in [3.63, 3.8) is 0 Å². The molecule has 1 saturated carbocycles. The van der Waals surface area contributed by atoms with E-state index in [-0.39, 0.29) is 11.2 Å². The largest absolute Gasteiger partial charge is 0.431 e. The Kier molecular flexibility index (Phi) is 9.18. The van der Waals surface area contributed by atoms with E-state index >= 15 is 0 Å². The van der Waals surface area contributed by atoms with E-state index in [1.165, 1.54) is 31.4 Å². The van der Waals surface area contributed by atoms with Gasteiger partial charge in [-0.1, -0.05) is 31.4 Å². The summed E-state index contributed by atoms with van der Waals surface area (Å²) in [7, 11) is -15.8. The number of hydrogen-bond donors (Lipinski definition) is 0. The molecule has 1 aliphatic carbocycles. The molecule has 0 spiro atoms. The number of sulfonamides is 2. The molecule has 0 amide bonds. The predicted octanol–water partition coefficient (Wildman–Crippen LogP) is 4.24. The summed E-state index contributed by atoms with van der Waals surface area (Å²) in [6.07, 6.45) is 6.16. The molecule has 0 bridgehead atoms. The van der Waals surface area contributed by atoms with E-state index in [4.69, 9.17) is 0 Å². The predicted molar refractivity (Wildman–Crippen MR) is 104 cm³/mol. The summed E-state index contributed by atoms with van der Waals surface area (Å²) < 4.78 is 138. The van der Waals surface area contributed by atoms with Crippen molar-refractivity contribution in [1.29, 1.82) is 0 Å². The topological polar surface area (TPSA) is 117 Å². The maximum absolute atomic E-state index is 12.7. The standard InChI is InChI=1S/C12H15FO2S.C4H5F5NO4S2/c13-16(14,15)12-8-6-11(7-9-12)10-4-2-1-3-5-10;1-15(11,12)10-16(13,14)4(8,9)3(6,7)2-5/h6-10H,1-5H2;2H2,1H3/q;-1. The fraction of sp³-hybridized carbons (Fsp3) is 0.625. The Morgan fingerprint density at radius 2 is 1.38 bits per heavy atom. The minimum atomic E-state index is -6.37. The Balaban J connectivity index is 0.000000320. The fourth-order valence-corrected chi connectivity index (χ4v) is 5.52. The van der Waals surface area contributed by atoms with Crippen molar-refractivity contribution in [3.8, 4) is 0 Å². The van der Waals surface area contributed by atoms with Gasteiger partial charge >= 0.3 is 21.4 Å². The van der Waals surface area contributed by atoms with Gasteiger partial charge in [0.1, 0.15) is 0 Å². The SMILES string of the molecule is CS(=O)(=O)[N-]S(=O)(=O)C(F)(F)C(F)(F)CF.O=S(=O)(F)c1ccc(C2CCCCC2)cc1. The van der Waals surface area contributed by atoms with Crippen LogP contribution >= 0.6 is 0 Å². The van der Waals surface area contributed by atoms with E-state index in [0.29, 0.717) is 5.92 Å². The monoisotopic (exact) mass is 532 g/mol. The van der Waals surface area contributed by atoms with Crippen molar-refractivity contribution < 1.29 is 51.1 Å². The summed E-state index contributed by atoms with van der Waals surface area (Å²) in [5, 5.41) is -5.93. The quantitative estimate of drug-likeness (QED) is 0.383. The third-order valence-electron chi connectivity index (χ3n) is 4.39. The molecule has 186 valence electrons. The van der Waals surface area contributed by atoms with E-state index < -0.39 is 48.1 Å². The van der Waals surface area contributed by atoms with Gasteiger partial charge in [0.15, 0.2) is 16.7 Å². The lowest BCUT2D eigenvalue weighted by molar-refractivity contribution is -0.165. The maximum atomic E-state index is 12.7. The van der Waals surface area contributed by atoms with Gasteiger partial charge in [-0.25, -0.2) is 21.2 Å². The first-order valence-corrected chi connectivity index (χ1v) is 13.6. The molecule has 0 heterocycles. The minimum Gasteiger partial charge on any atom is -0.431 e. The lowest BCUT2D eigenvalue weighted by Crippen LogP contribution is -2.48. The average Bonchev–Trinajstić information content (AvgIpc) is 2.66. The van der Waals surface area contributed by atoms with Gasteiger partial charge in [-0.3, -0.25) is 0 Å². The Morgan fingerprint density at radius 3 is 1.75 bits per heavy atom. The molecule has 0 aliphatic heterocycles. The molecule has 2 rings (SSSR count). The zero-order valence-electron chi connectivity index (χ0n) is 16.5. The molecule has 1 aliphatic rings. The third kappa shape index (κ3) is 7.59. The molecule has 1 aromatic carbocycles. The Hall–Kier alpha value is -1.39. The van der Waals surface area contributed by atoms with Crippen LogP contribution in [-0.4, -0.2) is 49.4 Å². The second kappa shape index (κ2) is 10.3. The van der Waals surface area contributed by atoms with Crippen molar-refractivity contribution in [3.05, 3.63) is 34.0 Å². The number of halogens is 6. The molecule has 0 unspecified atom stereocenters. The minimum absolute atomic E-state index is 0.105. The summed E-state index contributed by atoms with van der Waals surface area (Å²) in [4.78, 5) is -0.243. The van der Waals surface area contributed by atoms with Crippen LogP contribution in [0.4, 0.5) is 25.8 Å². The number of alkyl halides is 5. The van der Waals surface area contributed by atoms with Crippen LogP contribution in [0.1, 0.15) is 43.6 Å². The fourth-order valence-electron chi connectivity index (χ4n) is 2.83. The van der Waals surface area contributed by atoms with Crippen LogP contribution in [0.3, 0.4) is 0 Å². The van der Waals surface area contributed by atoms with E-state index in [1.807, 2.05) is 0 Å². The van der Waals surface area contributed by atoms with Gasteiger partial charge in [-0.15, -0.1) is 3.89 Å². The molecule has 1 aromatic rings.